The quantitative estimate of drug-likeness (QED) is 0.291. The number of hydrogen-bond donors (Lipinski definition) is 2. The molecule has 8 heteroatoms. The SMILES string of the molecule is CC(=O)NCCCc1ccc(-c2csc(NC(=O)c3ccccc3SCC3CCCO3)n2)cc1. The monoisotopic (exact) mass is 495 g/mol. The van der Waals surface area contributed by atoms with Gasteiger partial charge in [0.1, 0.15) is 0 Å². The van der Waals surface area contributed by atoms with Crippen LogP contribution in [-0.2, 0) is 16.0 Å². The Morgan fingerprint density at radius 2 is 2.00 bits per heavy atom. The summed E-state index contributed by atoms with van der Waals surface area (Å²) in [6.45, 7) is 3.05. The molecule has 0 aliphatic carbocycles. The summed E-state index contributed by atoms with van der Waals surface area (Å²) in [4.78, 5) is 29.5. The van der Waals surface area contributed by atoms with Crippen LogP contribution in [0, 0.1) is 0 Å². The maximum atomic E-state index is 13.0. The largest absolute Gasteiger partial charge is 0.377 e. The van der Waals surface area contributed by atoms with Crippen molar-refractivity contribution in [2.45, 2.75) is 43.6 Å². The second kappa shape index (κ2) is 12.1. The van der Waals surface area contributed by atoms with Crippen LogP contribution in [0.3, 0.4) is 0 Å². The maximum Gasteiger partial charge on any atom is 0.258 e. The van der Waals surface area contributed by atoms with Crippen LogP contribution >= 0.6 is 23.1 Å². The molecule has 2 N–H and O–H groups in total. The molecule has 4 rings (SSSR count). The number of hydrogen-bond acceptors (Lipinski definition) is 6. The van der Waals surface area contributed by atoms with Gasteiger partial charge < -0.3 is 10.1 Å². The lowest BCUT2D eigenvalue weighted by Crippen LogP contribution is -2.21. The van der Waals surface area contributed by atoms with Crippen molar-refractivity contribution in [2.75, 3.05) is 24.2 Å². The van der Waals surface area contributed by atoms with Crippen LogP contribution in [0.2, 0.25) is 0 Å². The van der Waals surface area contributed by atoms with Gasteiger partial charge in [-0.15, -0.1) is 23.1 Å². The Morgan fingerprint density at radius 1 is 1.18 bits per heavy atom. The molecule has 1 unspecified atom stereocenters. The van der Waals surface area contributed by atoms with E-state index < -0.39 is 0 Å². The van der Waals surface area contributed by atoms with Gasteiger partial charge in [-0.2, -0.15) is 0 Å². The number of ether oxygens (including phenoxy) is 1. The van der Waals surface area contributed by atoms with E-state index in [9.17, 15) is 9.59 Å². The zero-order chi connectivity index (χ0) is 23.8. The first-order valence-corrected chi connectivity index (χ1v) is 13.4. The summed E-state index contributed by atoms with van der Waals surface area (Å²) >= 11 is 3.09. The number of carbonyl (C=O) groups is 2. The molecule has 0 radical (unpaired) electrons. The number of aromatic nitrogens is 1. The Labute approximate surface area is 208 Å². The van der Waals surface area contributed by atoms with Gasteiger partial charge in [-0.05, 0) is 43.4 Å². The standard InChI is InChI=1S/C26H29N3O3S2/c1-18(30)27-14-4-6-19-10-12-20(13-11-19)23-17-34-26(28-23)29-25(31)22-8-2-3-9-24(22)33-16-21-7-5-15-32-21/h2-3,8-13,17,21H,4-7,14-16H2,1H3,(H,27,30)(H,28,29,31). The predicted octanol–water partition coefficient (Wildman–Crippen LogP) is 5.40. The number of anilines is 1. The molecule has 1 saturated heterocycles. The van der Waals surface area contributed by atoms with E-state index in [1.54, 1.807) is 11.8 Å². The number of nitrogens with zero attached hydrogens (tertiary/aromatic N) is 1. The molecule has 0 saturated carbocycles. The molecule has 34 heavy (non-hydrogen) atoms. The summed E-state index contributed by atoms with van der Waals surface area (Å²) in [5.74, 6) is 0.711. The fourth-order valence-electron chi connectivity index (χ4n) is 3.77. The van der Waals surface area contributed by atoms with E-state index in [2.05, 4.69) is 27.8 Å². The number of rotatable bonds is 10. The van der Waals surface area contributed by atoms with E-state index in [1.165, 1.54) is 23.8 Å². The molecular formula is C26H29N3O3S2. The second-order valence-corrected chi connectivity index (χ2v) is 10.1. The molecule has 0 bridgehead atoms. The molecule has 1 atom stereocenters. The van der Waals surface area contributed by atoms with Crippen molar-refractivity contribution in [1.82, 2.24) is 10.3 Å². The van der Waals surface area contributed by atoms with Gasteiger partial charge in [-0.25, -0.2) is 4.98 Å². The lowest BCUT2D eigenvalue weighted by atomic mass is 10.1. The third kappa shape index (κ3) is 6.91. The Kier molecular flexibility index (Phi) is 8.73. The lowest BCUT2D eigenvalue weighted by Gasteiger charge is -2.11. The smallest absolute Gasteiger partial charge is 0.258 e. The van der Waals surface area contributed by atoms with E-state index in [0.29, 0.717) is 17.2 Å². The summed E-state index contributed by atoms with van der Waals surface area (Å²) in [6, 6.07) is 15.9. The van der Waals surface area contributed by atoms with Gasteiger partial charge in [0.25, 0.3) is 5.91 Å². The molecular weight excluding hydrogens is 466 g/mol. The number of aryl methyl sites for hydroxylation is 1. The normalized spacial score (nSPS) is 15.3. The molecule has 0 spiro atoms. The molecule has 2 heterocycles. The Bertz CT molecular complexity index is 1110. The summed E-state index contributed by atoms with van der Waals surface area (Å²) < 4.78 is 5.71. The summed E-state index contributed by atoms with van der Waals surface area (Å²) in [5, 5.41) is 8.32. The predicted molar refractivity (Wildman–Crippen MR) is 139 cm³/mol. The topological polar surface area (TPSA) is 80.3 Å². The molecule has 1 fully saturated rings. The van der Waals surface area contributed by atoms with E-state index in [4.69, 9.17) is 4.74 Å². The Morgan fingerprint density at radius 3 is 2.76 bits per heavy atom. The zero-order valence-electron chi connectivity index (χ0n) is 19.2. The highest BCUT2D eigenvalue weighted by Gasteiger charge is 2.18. The fourth-order valence-corrected chi connectivity index (χ4v) is 5.60. The van der Waals surface area contributed by atoms with Crippen LogP contribution < -0.4 is 10.6 Å². The fraction of sp³-hybridized carbons (Fsp3) is 0.346. The molecule has 3 aromatic rings. The second-order valence-electron chi connectivity index (χ2n) is 8.22. The third-order valence-corrected chi connectivity index (χ3v) is 7.53. The van der Waals surface area contributed by atoms with Crippen molar-refractivity contribution in [3.05, 3.63) is 65.0 Å². The molecule has 2 amide bonds. The molecule has 1 aliphatic heterocycles. The molecule has 1 aromatic heterocycles. The van der Waals surface area contributed by atoms with E-state index in [-0.39, 0.29) is 17.9 Å². The number of carbonyl (C=O) groups excluding carboxylic acids is 2. The summed E-state index contributed by atoms with van der Waals surface area (Å²) in [6.07, 6.45) is 4.27. The minimum Gasteiger partial charge on any atom is -0.377 e. The average molecular weight is 496 g/mol. The van der Waals surface area contributed by atoms with Gasteiger partial charge in [-0.3, -0.25) is 14.9 Å². The first-order chi connectivity index (χ1) is 16.6. The minimum atomic E-state index is -0.147. The van der Waals surface area contributed by atoms with Crippen molar-refractivity contribution in [1.29, 1.82) is 0 Å². The highest BCUT2D eigenvalue weighted by molar-refractivity contribution is 7.99. The number of thiazole rings is 1. The summed E-state index contributed by atoms with van der Waals surface area (Å²) in [5.41, 5.74) is 3.72. The number of thioether (sulfide) groups is 1. The minimum absolute atomic E-state index is 0.00249. The van der Waals surface area contributed by atoms with Crippen LogP contribution in [0.25, 0.3) is 11.3 Å². The first kappa shape index (κ1) is 24.4. The van der Waals surface area contributed by atoms with Crippen LogP contribution in [0.5, 0.6) is 0 Å². The van der Waals surface area contributed by atoms with E-state index in [0.717, 1.165) is 54.2 Å². The average Bonchev–Trinajstić information content (AvgIpc) is 3.53. The Hall–Kier alpha value is -2.68. The van der Waals surface area contributed by atoms with Crippen molar-refractivity contribution in [3.63, 3.8) is 0 Å². The number of amides is 2. The Balaban J connectivity index is 1.34. The molecule has 1 aliphatic rings. The van der Waals surface area contributed by atoms with Gasteiger partial charge >= 0.3 is 0 Å². The molecule has 178 valence electrons. The van der Waals surface area contributed by atoms with Gasteiger partial charge in [0.05, 0.1) is 17.4 Å². The third-order valence-electron chi connectivity index (χ3n) is 5.57. The highest BCUT2D eigenvalue weighted by Crippen LogP contribution is 2.29. The van der Waals surface area contributed by atoms with Crippen LogP contribution in [0.1, 0.15) is 42.1 Å². The zero-order valence-corrected chi connectivity index (χ0v) is 20.8. The van der Waals surface area contributed by atoms with Gasteiger partial charge in [0, 0.05) is 41.7 Å². The summed E-state index contributed by atoms with van der Waals surface area (Å²) in [7, 11) is 0. The van der Waals surface area contributed by atoms with Crippen LogP contribution in [0.15, 0.2) is 58.8 Å². The van der Waals surface area contributed by atoms with Gasteiger partial charge in [0.15, 0.2) is 5.13 Å². The van der Waals surface area contributed by atoms with Gasteiger partial charge in [0.2, 0.25) is 5.91 Å². The first-order valence-electron chi connectivity index (χ1n) is 11.5. The van der Waals surface area contributed by atoms with E-state index in [1.807, 2.05) is 41.8 Å². The highest BCUT2D eigenvalue weighted by atomic mass is 32.2. The van der Waals surface area contributed by atoms with Crippen LogP contribution in [0.4, 0.5) is 5.13 Å². The maximum absolute atomic E-state index is 13.0. The number of benzene rings is 2. The molecule has 2 aromatic carbocycles. The lowest BCUT2D eigenvalue weighted by molar-refractivity contribution is -0.118. The molecule has 6 nitrogen and oxygen atoms in total. The number of nitrogens with one attached hydrogen (secondary N) is 2. The van der Waals surface area contributed by atoms with Crippen molar-refractivity contribution >= 4 is 40.0 Å². The van der Waals surface area contributed by atoms with Gasteiger partial charge in [-0.1, -0.05) is 36.4 Å². The van der Waals surface area contributed by atoms with E-state index >= 15 is 0 Å². The van der Waals surface area contributed by atoms with Crippen LogP contribution in [-0.4, -0.2) is 41.8 Å². The van der Waals surface area contributed by atoms with Crippen molar-refractivity contribution < 1.29 is 14.3 Å². The van der Waals surface area contributed by atoms with Crippen molar-refractivity contribution in [2.24, 2.45) is 0 Å². The van der Waals surface area contributed by atoms with Crippen molar-refractivity contribution in [3.8, 4) is 11.3 Å².